The number of carbonyl (C=O) groups is 2. The number of alkyl halides is 1. The van der Waals surface area contributed by atoms with Crippen molar-refractivity contribution in [1.82, 2.24) is 15.6 Å². The van der Waals surface area contributed by atoms with Crippen molar-refractivity contribution in [3.8, 4) is 0 Å². The van der Waals surface area contributed by atoms with Gasteiger partial charge in [0.2, 0.25) is 5.91 Å². The Morgan fingerprint density at radius 3 is 2.80 bits per heavy atom. The van der Waals surface area contributed by atoms with Gasteiger partial charge in [-0.25, -0.2) is 0 Å². The van der Waals surface area contributed by atoms with Crippen molar-refractivity contribution in [2.24, 2.45) is 0 Å². The van der Waals surface area contributed by atoms with Gasteiger partial charge in [0, 0.05) is 5.33 Å². The molecule has 2 aromatic heterocycles. The molecule has 4 rings (SSSR count). The van der Waals surface area contributed by atoms with Crippen LogP contribution in [0.1, 0.15) is 34.1 Å². The quantitative estimate of drug-likeness (QED) is 0.360. The Bertz CT molecular complexity index is 1120. The van der Waals surface area contributed by atoms with Crippen LogP contribution < -0.4 is 10.6 Å². The minimum atomic E-state index is -1.12. The maximum absolute atomic E-state index is 12.9. The molecule has 0 fully saturated rings. The first-order chi connectivity index (χ1) is 14.4. The number of halogens is 3. The molecule has 0 unspecified atom stereocenters. The SMILES string of the molecule is O=C(N[C@@H]1Cc2ccccc2[C@H]1NC(=O)[C@H](O)CCBr)c1cc2sc(Cl)c(Cl)c2[nH]1. The van der Waals surface area contributed by atoms with Crippen LogP contribution in [-0.2, 0) is 11.2 Å². The number of benzene rings is 1. The molecular weight excluding hydrogens is 513 g/mol. The average Bonchev–Trinajstić information content (AvgIpc) is 3.36. The molecule has 3 aromatic rings. The Labute approximate surface area is 195 Å². The normalized spacial score (nSPS) is 18.9. The fourth-order valence-corrected chi connectivity index (χ4v) is 5.59. The molecule has 0 radical (unpaired) electrons. The lowest BCUT2D eigenvalue weighted by Crippen LogP contribution is -2.47. The minimum absolute atomic E-state index is 0.302. The summed E-state index contributed by atoms with van der Waals surface area (Å²) in [6.45, 7) is 0. The predicted octanol–water partition coefficient (Wildman–Crippen LogP) is 4.19. The van der Waals surface area contributed by atoms with Gasteiger partial charge in [-0.1, -0.05) is 63.4 Å². The van der Waals surface area contributed by atoms with E-state index in [4.69, 9.17) is 23.2 Å². The molecule has 30 heavy (non-hydrogen) atoms. The summed E-state index contributed by atoms with van der Waals surface area (Å²) < 4.78 is 1.27. The Morgan fingerprint density at radius 2 is 2.07 bits per heavy atom. The van der Waals surface area contributed by atoms with Crippen LogP contribution in [0.3, 0.4) is 0 Å². The number of amides is 2. The Hall–Kier alpha value is -1.58. The molecule has 4 N–H and O–H groups in total. The molecule has 0 saturated heterocycles. The molecule has 1 aromatic carbocycles. The molecule has 1 aliphatic carbocycles. The molecule has 1 aliphatic rings. The second-order valence-corrected chi connectivity index (χ2v) is 9.90. The molecule has 0 bridgehead atoms. The van der Waals surface area contributed by atoms with Crippen LogP contribution in [-0.4, -0.2) is 39.4 Å². The van der Waals surface area contributed by atoms with E-state index in [1.54, 1.807) is 6.07 Å². The first-order valence-corrected chi connectivity index (χ1v) is 12.0. The van der Waals surface area contributed by atoms with Gasteiger partial charge in [-0.3, -0.25) is 9.59 Å². The standard InChI is InChI=1S/C20H18BrCl2N3O3S/c21-6-5-13(27)20(29)26-16-10-4-2-1-3-9(10)7-11(16)25-19(28)12-8-14-17(24-12)15(22)18(23)30-14/h1-4,8,11,13,16,24,27H,5-7H2,(H,25,28)(H,26,29)/t11-,13-,16-/m1/s1. The van der Waals surface area contributed by atoms with Crippen molar-refractivity contribution >= 4 is 72.5 Å². The van der Waals surface area contributed by atoms with Crippen molar-refractivity contribution < 1.29 is 14.7 Å². The van der Waals surface area contributed by atoms with E-state index < -0.39 is 18.1 Å². The number of aromatic nitrogens is 1. The lowest BCUT2D eigenvalue weighted by atomic mass is 10.1. The molecule has 2 amide bonds. The smallest absolute Gasteiger partial charge is 0.268 e. The van der Waals surface area contributed by atoms with E-state index in [1.807, 2.05) is 24.3 Å². The number of aliphatic hydroxyl groups excluding tert-OH is 1. The average molecular weight is 531 g/mol. The van der Waals surface area contributed by atoms with E-state index in [-0.39, 0.29) is 11.9 Å². The summed E-state index contributed by atoms with van der Waals surface area (Å²) in [4.78, 5) is 28.3. The molecular formula is C20H18BrCl2N3O3S. The maximum atomic E-state index is 12.9. The zero-order valence-electron chi connectivity index (χ0n) is 15.5. The number of H-pyrrole nitrogens is 1. The van der Waals surface area contributed by atoms with Crippen LogP contribution in [0.5, 0.6) is 0 Å². The number of hydrogen-bond acceptors (Lipinski definition) is 4. The third-order valence-corrected chi connectivity index (χ3v) is 7.54. The molecule has 0 spiro atoms. The van der Waals surface area contributed by atoms with E-state index in [9.17, 15) is 14.7 Å². The zero-order valence-corrected chi connectivity index (χ0v) is 19.5. The molecule has 0 saturated carbocycles. The lowest BCUT2D eigenvalue weighted by molar-refractivity contribution is -0.130. The zero-order chi connectivity index (χ0) is 21.4. The summed E-state index contributed by atoms with van der Waals surface area (Å²) in [5.41, 5.74) is 2.99. The lowest BCUT2D eigenvalue weighted by Gasteiger charge is -2.24. The molecule has 2 heterocycles. The number of thiophene rings is 1. The number of nitrogens with one attached hydrogen (secondary N) is 3. The molecule has 6 nitrogen and oxygen atoms in total. The predicted molar refractivity (Wildman–Crippen MR) is 123 cm³/mol. The van der Waals surface area contributed by atoms with E-state index in [1.165, 1.54) is 11.3 Å². The topological polar surface area (TPSA) is 94.2 Å². The van der Waals surface area contributed by atoms with E-state index in [0.717, 1.165) is 15.8 Å². The van der Waals surface area contributed by atoms with Crippen LogP contribution >= 0.6 is 50.5 Å². The molecule has 0 aliphatic heterocycles. The van der Waals surface area contributed by atoms with Gasteiger partial charge in [0.25, 0.3) is 5.91 Å². The summed E-state index contributed by atoms with van der Waals surface area (Å²) >= 11 is 16.7. The van der Waals surface area contributed by atoms with Gasteiger partial charge in [-0.2, -0.15) is 0 Å². The highest BCUT2D eigenvalue weighted by Crippen LogP contribution is 2.39. The molecule has 10 heteroatoms. The fourth-order valence-electron chi connectivity index (χ4n) is 3.68. The van der Waals surface area contributed by atoms with Crippen LogP contribution in [0.15, 0.2) is 30.3 Å². The first kappa shape index (κ1) is 21.6. The number of aromatic amines is 1. The molecule has 158 valence electrons. The van der Waals surface area contributed by atoms with Crippen LogP contribution in [0.25, 0.3) is 10.2 Å². The summed E-state index contributed by atoms with van der Waals surface area (Å²) in [6.07, 6.45) is -0.237. The van der Waals surface area contributed by atoms with Crippen LogP contribution in [0, 0.1) is 0 Å². The highest BCUT2D eigenvalue weighted by Gasteiger charge is 2.35. The van der Waals surface area contributed by atoms with Gasteiger partial charge >= 0.3 is 0 Å². The summed E-state index contributed by atoms with van der Waals surface area (Å²) in [7, 11) is 0. The highest BCUT2D eigenvalue weighted by atomic mass is 79.9. The van der Waals surface area contributed by atoms with Crippen molar-refractivity contribution in [2.45, 2.75) is 31.0 Å². The van der Waals surface area contributed by atoms with E-state index >= 15 is 0 Å². The number of hydrogen-bond donors (Lipinski definition) is 4. The molecule has 3 atom stereocenters. The third-order valence-electron chi connectivity index (χ3n) is 5.15. The minimum Gasteiger partial charge on any atom is -0.383 e. The van der Waals surface area contributed by atoms with E-state index in [0.29, 0.717) is 38.7 Å². The van der Waals surface area contributed by atoms with Gasteiger partial charge in [0.15, 0.2) is 0 Å². The summed E-state index contributed by atoms with van der Waals surface area (Å²) in [5, 5.41) is 16.8. The second-order valence-electron chi connectivity index (χ2n) is 7.07. The summed E-state index contributed by atoms with van der Waals surface area (Å²) in [6, 6.07) is 8.64. The Kier molecular flexibility index (Phi) is 6.41. The monoisotopic (exact) mass is 529 g/mol. The second kappa shape index (κ2) is 8.88. The van der Waals surface area contributed by atoms with Gasteiger partial charge < -0.3 is 20.7 Å². The van der Waals surface area contributed by atoms with Crippen molar-refractivity contribution in [3.63, 3.8) is 0 Å². The Balaban J connectivity index is 1.55. The van der Waals surface area contributed by atoms with Gasteiger partial charge in [-0.05, 0) is 30.0 Å². The van der Waals surface area contributed by atoms with Crippen LogP contribution in [0.2, 0.25) is 9.36 Å². The van der Waals surface area contributed by atoms with Crippen molar-refractivity contribution in [1.29, 1.82) is 0 Å². The third kappa shape index (κ3) is 4.11. The van der Waals surface area contributed by atoms with Crippen molar-refractivity contribution in [3.05, 3.63) is 56.5 Å². The summed E-state index contributed by atoms with van der Waals surface area (Å²) in [5.74, 6) is -0.763. The number of aliphatic hydroxyl groups is 1. The van der Waals surface area contributed by atoms with Crippen molar-refractivity contribution in [2.75, 3.05) is 5.33 Å². The van der Waals surface area contributed by atoms with Gasteiger partial charge in [0.05, 0.1) is 27.3 Å². The maximum Gasteiger partial charge on any atom is 0.268 e. The van der Waals surface area contributed by atoms with Gasteiger partial charge in [0.1, 0.15) is 16.1 Å². The highest BCUT2D eigenvalue weighted by molar-refractivity contribution is 9.09. The van der Waals surface area contributed by atoms with Crippen LogP contribution in [0.4, 0.5) is 0 Å². The van der Waals surface area contributed by atoms with E-state index in [2.05, 4.69) is 31.5 Å². The fraction of sp³-hybridized carbons (Fsp3) is 0.300. The first-order valence-electron chi connectivity index (χ1n) is 9.28. The largest absolute Gasteiger partial charge is 0.383 e. The Morgan fingerprint density at radius 1 is 1.30 bits per heavy atom. The number of fused-ring (bicyclic) bond motifs is 2. The van der Waals surface area contributed by atoms with Gasteiger partial charge in [-0.15, -0.1) is 11.3 Å². The number of rotatable bonds is 6. The number of carbonyl (C=O) groups excluding carboxylic acids is 2.